The third-order valence-electron chi connectivity index (χ3n) is 5.26. The quantitative estimate of drug-likeness (QED) is 0.585. The number of rotatable bonds is 9. The van der Waals surface area contributed by atoms with E-state index >= 15 is 0 Å². The zero-order valence-corrected chi connectivity index (χ0v) is 17.3. The Bertz CT molecular complexity index is 1000. The van der Waals surface area contributed by atoms with Crippen molar-refractivity contribution >= 4 is 23.4 Å². The lowest BCUT2D eigenvalue weighted by Gasteiger charge is -2.25. The first-order chi connectivity index (χ1) is 14.7. The number of hydrogen-bond donors (Lipinski definition) is 1. The van der Waals surface area contributed by atoms with Crippen molar-refractivity contribution in [2.45, 2.75) is 45.7 Å². The fourth-order valence-electron chi connectivity index (χ4n) is 3.67. The van der Waals surface area contributed by atoms with Crippen LogP contribution in [0.3, 0.4) is 0 Å². The fourth-order valence-corrected chi connectivity index (χ4v) is 3.67. The van der Waals surface area contributed by atoms with Crippen molar-refractivity contribution in [2.75, 3.05) is 16.8 Å². The molecule has 0 bridgehead atoms. The molecule has 4 rings (SSSR count). The molecule has 1 aromatic carbocycles. The molecule has 0 atom stereocenters. The molecule has 1 N–H and O–H groups in total. The molecule has 8 nitrogen and oxygen atoms in total. The van der Waals surface area contributed by atoms with Crippen LogP contribution in [0.2, 0.25) is 0 Å². The first-order valence-electron chi connectivity index (χ1n) is 10.3. The summed E-state index contributed by atoms with van der Waals surface area (Å²) in [4.78, 5) is 27.4. The number of aromatic nitrogens is 4. The Hall–Kier alpha value is -3.42. The fraction of sp³-hybridized carbons (Fsp3) is 0.364. The third-order valence-corrected chi connectivity index (χ3v) is 5.26. The van der Waals surface area contributed by atoms with Gasteiger partial charge >= 0.3 is 0 Å². The molecule has 0 unspecified atom stereocenters. The highest BCUT2D eigenvalue weighted by Gasteiger charge is 2.33. The molecule has 1 amide bonds. The molecule has 0 aliphatic carbocycles. The van der Waals surface area contributed by atoms with Gasteiger partial charge in [0.2, 0.25) is 11.9 Å². The van der Waals surface area contributed by atoms with E-state index in [0.717, 1.165) is 42.2 Å². The molecule has 1 aliphatic rings. The largest absolute Gasteiger partial charge is 0.492 e. The molecule has 2 aromatic heterocycles. The number of anilines is 3. The number of nitrogens with zero attached hydrogens (tertiary/aromatic N) is 5. The summed E-state index contributed by atoms with van der Waals surface area (Å²) in [5.41, 5.74) is 1.71. The molecule has 8 heteroatoms. The van der Waals surface area contributed by atoms with Crippen LogP contribution in [0, 0.1) is 0 Å². The van der Waals surface area contributed by atoms with Gasteiger partial charge in [-0.2, -0.15) is 4.98 Å². The number of fused-ring (bicyclic) bond motifs is 1. The van der Waals surface area contributed by atoms with Gasteiger partial charge in [0, 0.05) is 41.9 Å². The minimum absolute atomic E-state index is 0.0958. The van der Waals surface area contributed by atoms with Gasteiger partial charge in [0.25, 0.3) is 0 Å². The minimum Gasteiger partial charge on any atom is -0.492 e. The second kappa shape index (κ2) is 8.94. The summed E-state index contributed by atoms with van der Waals surface area (Å²) >= 11 is 0. The van der Waals surface area contributed by atoms with E-state index in [9.17, 15) is 4.79 Å². The van der Waals surface area contributed by atoms with Gasteiger partial charge in [0.1, 0.15) is 18.2 Å². The summed E-state index contributed by atoms with van der Waals surface area (Å²) in [6, 6.07) is 7.84. The van der Waals surface area contributed by atoms with Crippen LogP contribution in [0.1, 0.15) is 32.3 Å². The van der Waals surface area contributed by atoms with E-state index in [0.29, 0.717) is 19.0 Å². The van der Waals surface area contributed by atoms with Crippen LogP contribution in [0.25, 0.3) is 0 Å². The molecule has 0 saturated heterocycles. The van der Waals surface area contributed by atoms with Crippen molar-refractivity contribution in [1.29, 1.82) is 0 Å². The Balaban J connectivity index is 1.45. The van der Waals surface area contributed by atoms with Gasteiger partial charge in [-0.05, 0) is 25.0 Å². The van der Waals surface area contributed by atoms with Gasteiger partial charge in [-0.25, -0.2) is 9.97 Å². The zero-order valence-electron chi connectivity index (χ0n) is 17.3. The minimum atomic E-state index is 0.0958. The molecule has 0 spiro atoms. The number of carbonyl (C=O) groups excluding carboxylic acids is 1. The predicted octanol–water partition coefficient (Wildman–Crippen LogP) is 3.57. The highest BCUT2D eigenvalue weighted by atomic mass is 16.5. The SMILES string of the molecule is CCC(CC)N1C(=O)Cc2cnc(Nc3cccc(OCCn4ccnc4)c3)nc21. The predicted molar refractivity (Wildman–Crippen MR) is 115 cm³/mol. The summed E-state index contributed by atoms with van der Waals surface area (Å²) in [6.07, 6.45) is 9.33. The summed E-state index contributed by atoms with van der Waals surface area (Å²) in [6.45, 7) is 5.46. The van der Waals surface area contributed by atoms with Gasteiger partial charge in [-0.3, -0.25) is 9.69 Å². The molecule has 0 saturated carbocycles. The van der Waals surface area contributed by atoms with Gasteiger partial charge in [0.05, 0.1) is 19.3 Å². The van der Waals surface area contributed by atoms with Crippen LogP contribution in [0.15, 0.2) is 49.2 Å². The highest BCUT2D eigenvalue weighted by molar-refractivity contribution is 6.00. The Morgan fingerprint density at radius 3 is 2.90 bits per heavy atom. The van der Waals surface area contributed by atoms with E-state index < -0.39 is 0 Å². The maximum absolute atomic E-state index is 12.5. The first-order valence-corrected chi connectivity index (χ1v) is 10.3. The monoisotopic (exact) mass is 406 g/mol. The van der Waals surface area contributed by atoms with Gasteiger partial charge < -0.3 is 14.6 Å². The molecule has 0 fully saturated rings. The van der Waals surface area contributed by atoms with Crippen LogP contribution in [-0.4, -0.2) is 38.1 Å². The first kappa shape index (κ1) is 19.9. The van der Waals surface area contributed by atoms with Crippen LogP contribution in [-0.2, 0) is 17.8 Å². The lowest BCUT2D eigenvalue weighted by molar-refractivity contribution is -0.117. The number of carbonyl (C=O) groups is 1. The Morgan fingerprint density at radius 2 is 2.13 bits per heavy atom. The van der Waals surface area contributed by atoms with E-state index in [1.54, 1.807) is 18.7 Å². The maximum atomic E-state index is 12.5. The van der Waals surface area contributed by atoms with E-state index in [-0.39, 0.29) is 11.9 Å². The van der Waals surface area contributed by atoms with Crippen LogP contribution in [0.4, 0.5) is 17.5 Å². The van der Waals surface area contributed by atoms with Crippen molar-refractivity contribution in [3.8, 4) is 5.75 Å². The summed E-state index contributed by atoms with van der Waals surface area (Å²) in [5, 5.41) is 3.23. The van der Waals surface area contributed by atoms with Crippen molar-refractivity contribution < 1.29 is 9.53 Å². The lowest BCUT2D eigenvalue weighted by atomic mass is 10.1. The molecule has 3 heterocycles. The molecule has 30 heavy (non-hydrogen) atoms. The van der Waals surface area contributed by atoms with Crippen molar-refractivity contribution in [2.24, 2.45) is 0 Å². The molecular formula is C22H26N6O2. The maximum Gasteiger partial charge on any atom is 0.233 e. The second-order valence-electron chi connectivity index (χ2n) is 7.26. The lowest BCUT2D eigenvalue weighted by Crippen LogP contribution is -2.37. The number of benzene rings is 1. The third kappa shape index (κ3) is 4.27. The normalized spacial score (nSPS) is 13.0. The van der Waals surface area contributed by atoms with Gasteiger partial charge in [0.15, 0.2) is 0 Å². The number of amides is 1. The molecule has 1 aliphatic heterocycles. The topological polar surface area (TPSA) is 85.2 Å². The Labute approximate surface area is 175 Å². The summed E-state index contributed by atoms with van der Waals surface area (Å²) in [5.74, 6) is 2.04. The smallest absolute Gasteiger partial charge is 0.233 e. The zero-order chi connectivity index (χ0) is 20.9. The van der Waals surface area contributed by atoms with Crippen LogP contribution >= 0.6 is 0 Å². The Morgan fingerprint density at radius 1 is 1.27 bits per heavy atom. The van der Waals surface area contributed by atoms with Crippen LogP contribution in [0.5, 0.6) is 5.75 Å². The Kier molecular flexibility index (Phi) is 5.92. The van der Waals surface area contributed by atoms with E-state index in [4.69, 9.17) is 4.74 Å². The number of nitrogens with one attached hydrogen (secondary N) is 1. The second-order valence-corrected chi connectivity index (χ2v) is 7.26. The highest BCUT2D eigenvalue weighted by Crippen LogP contribution is 2.31. The van der Waals surface area contributed by atoms with Gasteiger partial charge in [-0.15, -0.1) is 0 Å². The molecule has 0 radical (unpaired) electrons. The van der Waals surface area contributed by atoms with E-state index in [2.05, 4.69) is 34.1 Å². The average Bonchev–Trinajstić information content (AvgIpc) is 3.37. The summed E-state index contributed by atoms with van der Waals surface area (Å²) in [7, 11) is 0. The average molecular weight is 406 g/mol. The van der Waals surface area contributed by atoms with Crippen molar-refractivity contribution in [3.63, 3.8) is 0 Å². The molecular weight excluding hydrogens is 380 g/mol. The molecule has 156 valence electrons. The van der Waals surface area contributed by atoms with E-state index in [1.165, 1.54) is 0 Å². The standard InChI is InChI=1S/C22H26N6O2/c1-3-18(4-2)28-20(29)12-16-14-24-22(26-21(16)28)25-17-6-5-7-19(13-17)30-11-10-27-9-8-23-15-27/h5-9,13-15,18H,3-4,10-12H2,1-2H3,(H,24,25,26). The van der Waals surface area contributed by atoms with Crippen molar-refractivity contribution in [1.82, 2.24) is 19.5 Å². The summed E-state index contributed by atoms with van der Waals surface area (Å²) < 4.78 is 7.81. The molecule has 3 aromatic rings. The number of imidazole rings is 1. The van der Waals surface area contributed by atoms with E-state index in [1.807, 2.05) is 39.9 Å². The van der Waals surface area contributed by atoms with Crippen LogP contribution < -0.4 is 15.0 Å². The van der Waals surface area contributed by atoms with Gasteiger partial charge in [-0.1, -0.05) is 19.9 Å². The number of ether oxygens (including phenoxy) is 1. The van der Waals surface area contributed by atoms with Crippen molar-refractivity contribution in [3.05, 3.63) is 54.7 Å². The number of hydrogen-bond acceptors (Lipinski definition) is 6.